The highest BCUT2D eigenvalue weighted by Crippen LogP contribution is 2.25. The third-order valence-electron chi connectivity index (χ3n) is 4.01. The van der Waals surface area contributed by atoms with Crippen molar-refractivity contribution in [1.82, 2.24) is 9.21 Å². The van der Waals surface area contributed by atoms with Crippen molar-refractivity contribution in [3.63, 3.8) is 0 Å². The van der Waals surface area contributed by atoms with Crippen LogP contribution in [0.3, 0.4) is 0 Å². The van der Waals surface area contributed by atoms with E-state index in [2.05, 4.69) is 0 Å². The van der Waals surface area contributed by atoms with Crippen LogP contribution in [0.2, 0.25) is 0 Å². The Morgan fingerprint density at radius 3 is 2.86 bits per heavy atom. The fraction of sp³-hybridized carbons (Fsp3) is 0.615. The molecule has 0 unspecified atom stereocenters. The molecule has 2 aliphatic rings. The van der Waals surface area contributed by atoms with E-state index in [0.717, 1.165) is 0 Å². The second-order valence-electron chi connectivity index (χ2n) is 5.40. The maximum absolute atomic E-state index is 12.3. The number of amides is 1. The topological polar surface area (TPSA) is 80.1 Å². The molecule has 1 aromatic rings. The van der Waals surface area contributed by atoms with Crippen molar-refractivity contribution in [3.05, 3.63) is 24.2 Å². The van der Waals surface area contributed by atoms with Crippen LogP contribution in [0, 0.1) is 0 Å². The van der Waals surface area contributed by atoms with Crippen LogP contribution in [0.4, 0.5) is 0 Å². The Bertz CT molecular complexity index is 613. The van der Waals surface area contributed by atoms with Crippen molar-refractivity contribution in [3.8, 4) is 0 Å². The van der Waals surface area contributed by atoms with Gasteiger partial charge in [0.1, 0.15) is 6.26 Å². The maximum atomic E-state index is 12.3. The zero-order valence-corrected chi connectivity index (χ0v) is 12.6. The number of sulfonamides is 1. The maximum Gasteiger partial charge on any atom is 0.257 e. The first-order valence-electron chi connectivity index (χ1n) is 6.87. The monoisotopic (exact) mass is 314 g/mol. The summed E-state index contributed by atoms with van der Waals surface area (Å²) in [5.41, 5.74) is 0.482. The van der Waals surface area contributed by atoms with Crippen LogP contribution < -0.4 is 0 Å². The lowest BCUT2D eigenvalue weighted by atomic mass is 10.00. The predicted octanol–water partition coefficient (Wildman–Crippen LogP) is 0.154. The Hall–Kier alpha value is -1.38. The highest BCUT2D eigenvalue weighted by atomic mass is 32.2. The fourth-order valence-electron chi connectivity index (χ4n) is 3.01. The van der Waals surface area contributed by atoms with E-state index in [9.17, 15) is 13.2 Å². The summed E-state index contributed by atoms with van der Waals surface area (Å²) in [6, 6.07) is 1.30. The second-order valence-corrected chi connectivity index (χ2v) is 7.34. The zero-order chi connectivity index (χ0) is 15.0. The van der Waals surface area contributed by atoms with Gasteiger partial charge in [0, 0.05) is 19.6 Å². The number of piperidine rings is 1. The Morgan fingerprint density at radius 2 is 2.19 bits per heavy atom. The van der Waals surface area contributed by atoms with Crippen LogP contribution >= 0.6 is 0 Å². The molecule has 2 aliphatic heterocycles. The standard InChI is InChI=1S/C13H18N2O5S/c1-21(17,18)15-5-7-20-12-2-4-14(8-11(12)15)13(16)10-3-6-19-9-10/h3,6,9,11-12H,2,4-5,7-8H2,1H3/t11-,12-/m1/s1. The molecule has 0 aliphatic carbocycles. The fourth-order valence-corrected chi connectivity index (χ4v) is 4.11. The summed E-state index contributed by atoms with van der Waals surface area (Å²) < 4.78 is 35.8. The average molecular weight is 314 g/mol. The molecule has 7 nitrogen and oxygen atoms in total. The summed E-state index contributed by atoms with van der Waals surface area (Å²) in [5.74, 6) is -0.138. The highest BCUT2D eigenvalue weighted by Gasteiger charge is 2.42. The first-order chi connectivity index (χ1) is 9.97. The van der Waals surface area contributed by atoms with Crippen LogP contribution in [-0.4, -0.2) is 68.2 Å². The van der Waals surface area contributed by atoms with Gasteiger partial charge in [-0.1, -0.05) is 0 Å². The van der Waals surface area contributed by atoms with Gasteiger partial charge in [0.15, 0.2) is 0 Å². The molecule has 0 spiro atoms. The number of likely N-dealkylation sites (tertiary alicyclic amines) is 1. The van der Waals surface area contributed by atoms with E-state index in [-0.39, 0.29) is 18.1 Å². The highest BCUT2D eigenvalue weighted by molar-refractivity contribution is 7.88. The second kappa shape index (κ2) is 5.43. The molecular formula is C13H18N2O5S. The average Bonchev–Trinajstić information content (AvgIpc) is 2.98. The Kier molecular flexibility index (Phi) is 3.76. The van der Waals surface area contributed by atoms with Gasteiger partial charge in [0.25, 0.3) is 5.91 Å². The molecule has 21 heavy (non-hydrogen) atoms. The number of furan rings is 1. The number of rotatable bonds is 2. The smallest absolute Gasteiger partial charge is 0.257 e. The quantitative estimate of drug-likeness (QED) is 0.776. The van der Waals surface area contributed by atoms with Gasteiger partial charge >= 0.3 is 0 Å². The predicted molar refractivity (Wildman–Crippen MR) is 74.3 cm³/mol. The van der Waals surface area contributed by atoms with E-state index in [1.807, 2.05) is 0 Å². The molecule has 8 heteroatoms. The van der Waals surface area contributed by atoms with Gasteiger partial charge in [-0.15, -0.1) is 0 Å². The molecule has 1 aromatic heterocycles. The molecule has 3 rings (SSSR count). The lowest BCUT2D eigenvalue weighted by Crippen LogP contribution is -2.61. The summed E-state index contributed by atoms with van der Waals surface area (Å²) >= 11 is 0. The van der Waals surface area contributed by atoms with E-state index in [4.69, 9.17) is 9.15 Å². The zero-order valence-electron chi connectivity index (χ0n) is 11.8. The number of carbonyl (C=O) groups is 1. The minimum Gasteiger partial charge on any atom is -0.472 e. The minimum atomic E-state index is -3.30. The van der Waals surface area contributed by atoms with Gasteiger partial charge in [-0.25, -0.2) is 8.42 Å². The molecule has 2 saturated heterocycles. The summed E-state index contributed by atoms with van der Waals surface area (Å²) in [4.78, 5) is 14.0. The Balaban J connectivity index is 1.79. The van der Waals surface area contributed by atoms with Crippen LogP contribution in [0.25, 0.3) is 0 Å². The van der Waals surface area contributed by atoms with Gasteiger partial charge in [0.05, 0.1) is 36.8 Å². The van der Waals surface area contributed by atoms with Gasteiger partial charge in [-0.2, -0.15) is 4.31 Å². The molecule has 0 saturated carbocycles. The summed E-state index contributed by atoms with van der Waals surface area (Å²) in [7, 11) is -3.30. The molecule has 116 valence electrons. The molecule has 0 aromatic carbocycles. The number of hydrogen-bond acceptors (Lipinski definition) is 5. The number of carbonyl (C=O) groups excluding carboxylic acids is 1. The van der Waals surface area contributed by atoms with Gasteiger partial charge in [0.2, 0.25) is 10.0 Å². The van der Waals surface area contributed by atoms with Gasteiger partial charge in [-0.3, -0.25) is 4.79 Å². The van der Waals surface area contributed by atoms with Crippen LogP contribution in [0.1, 0.15) is 16.8 Å². The van der Waals surface area contributed by atoms with E-state index in [1.54, 1.807) is 11.0 Å². The number of morpholine rings is 1. The van der Waals surface area contributed by atoms with Crippen LogP contribution in [0.15, 0.2) is 23.0 Å². The van der Waals surface area contributed by atoms with Crippen molar-refractivity contribution >= 4 is 15.9 Å². The van der Waals surface area contributed by atoms with Gasteiger partial charge < -0.3 is 14.1 Å². The van der Waals surface area contributed by atoms with Crippen LogP contribution in [0.5, 0.6) is 0 Å². The number of fused-ring (bicyclic) bond motifs is 1. The number of hydrogen-bond donors (Lipinski definition) is 0. The summed E-state index contributed by atoms with van der Waals surface area (Å²) in [6.45, 7) is 1.65. The van der Waals surface area contributed by atoms with E-state index in [0.29, 0.717) is 38.2 Å². The Labute approximate surface area is 123 Å². The van der Waals surface area contributed by atoms with Crippen molar-refractivity contribution in [1.29, 1.82) is 0 Å². The third kappa shape index (κ3) is 2.83. The van der Waals surface area contributed by atoms with Crippen molar-refractivity contribution in [2.75, 3.05) is 32.5 Å². The molecule has 0 radical (unpaired) electrons. The lowest BCUT2D eigenvalue weighted by Gasteiger charge is -2.45. The first kappa shape index (κ1) is 14.6. The molecular weight excluding hydrogens is 296 g/mol. The SMILES string of the molecule is CS(=O)(=O)N1CCO[C@@H]2CCN(C(=O)c3ccoc3)C[C@H]21. The minimum absolute atomic E-state index is 0.137. The van der Waals surface area contributed by atoms with Gasteiger partial charge in [-0.05, 0) is 12.5 Å². The van der Waals surface area contributed by atoms with E-state index >= 15 is 0 Å². The molecule has 2 fully saturated rings. The third-order valence-corrected chi connectivity index (χ3v) is 5.32. The molecule has 1 amide bonds. The molecule has 3 heterocycles. The largest absolute Gasteiger partial charge is 0.472 e. The summed E-state index contributed by atoms with van der Waals surface area (Å²) in [6.07, 6.45) is 4.56. The Morgan fingerprint density at radius 1 is 1.38 bits per heavy atom. The van der Waals surface area contributed by atoms with E-state index in [1.165, 1.54) is 23.1 Å². The van der Waals surface area contributed by atoms with E-state index < -0.39 is 10.0 Å². The van der Waals surface area contributed by atoms with Crippen molar-refractivity contribution in [2.24, 2.45) is 0 Å². The number of nitrogens with zero attached hydrogens (tertiary/aromatic N) is 2. The molecule has 0 bridgehead atoms. The molecule has 2 atom stereocenters. The number of ether oxygens (including phenoxy) is 1. The van der Waals surface area contributed by atoms with Crippen LogP contribution in [-0.2, 0) is 14.8 Å². The lowest BCUT2D eigenvalue weighted by molar-refractivity contribution is -0.0704. The van der Waals surface area contributed by atoms with Crippen molar-refractivity contribution in [2.45, 2.75) is 18.6 Å². The first-order valence-corrected chi connectivity index (χ1v) is 8.71. The van der Waals surface area contributed by atoms with Crippen molar-refractivity contribution < 1.29 is 22.4 Å². The normalized spacial score (nSPS) is 27.4. The summed E-state index contributed by atoms with van der Waals surface area (Å²) in [5, 5.41) is 0. The molecule has 0 N–H and O–H groups in total.